The Kier molecular flexibility index (Phi) is 9.49. The predicted molar refractivity (Wildman–Crippen MR) is 117 cm³/mol. The van der Waals surface area contributed by atoms with E-state index in [9.17, 15) is 0 Å². The first-order valence-corrected chi connectivity index (χ1v) is 8.58. The van der Waals surface area contributed by atoms with E-state index in [1.54, 1.807) is 0 Å². The van der Waals surface area contributed by atoms with Gasteiger partial charge in [-0.25, -0.2) is 4.99 Å². The molecule has 25 heavy (non-hydrogen) atoms. The number of nitrogens with zero attached hydrogens (tertiary/aromatic N) is 2. The first kappa shape index (κ1) is 21.4. The average Bonchev–Trinajstić information content (AvgIpc) is 2.53. The number of guanidine groups is 1. The highest BCUT2D eigenvalue weighted by Crippen LogP contribution is 2.09. The van der Waals surface area contributed by atoms with Gasteiger partial charge in [-0.05, 0) is 51.3 Å². The SMILES string of the molecule is CCNC(=NCc1ncccc1C)NCCc1cc(C)cc(C)c1.I. The van der Waals surface area contributed by atoms with Gasteiger partial charge in [-0.1, -0.05) is 35.4 Å². The summed E-state index contributed by atoms with van der Waals surface area (Å²) in [5.41, 5.74) is 6.18. The largest absolute Gasteiger partial charge is 0.357 e. The van der Waals surface area contributed by atoms with E-state index in [4.69, 9.17) is 0 Å². The van der Waals surface area contributed by atoms with Crippen molar-refractivity contribution in [1.29, 1.82) is 0 Å². The molecule has 2 N–H and O–H groups in total. The van der Waals surface area contributed by atoms with Gasteiger partial charge in [0.25, 0.3) is 0 Å². The highest BCUT2D eigenvalue weighted by Gasteiger charge is 2.01. The third kappa shape index (κ3) is 7.42. The fourth-order valence-electron chi connectivity index (χ4n) is 2.72. The number of pyridine rings is 1. The molecule has 5 heteroatoms. The van der Waals surface area contributed by atoms with Crippen molar-refractivity contribution in [2.24, 2.45) is 4.99 Å². The maximum atomic E-state index is 4.64. The number of hydrogen-bond acceptors (Lipinski definition) is 2. The minimum atomic E-state index is 0. The monoisotopic (exact) mass is 452 g/mol. The smallest absolute Gasteiger partial charge is 0.191 e. The Bertz CT molecular complexity index is 678. The second kappa shape index (κ2) is 11.1. The second-order valence-electron chi connectivity index (χ2n) is 6.13. The van der Waals surface area contributed by atoms with Gasteiger partial charge in [-0.3, -0.25) is 4.98 Å². The molecule has 0 bridgehead atoms. The molecule has 1 aromatic heterocycles. The lowest BCUT2D eigenvalue weighted by Crippen LogP contribution is -2.38. The quantitative estimate of drug-likeness (QED) is 0.397. The molecule has 0 aliphatic rings. The van der Waals surface area contributed by atoms with Gasteiger partial charge in [-0.2, -0.15) is 0 Å². The summed E-state index contributed by atoms with van der Waals surface area (Å²) in [4.78, 5) is 9.04. The third-order valence-corrected chi connectivity index (χ3v) is 3.84. The standard InChI is InChI=1S/C20H28N4.HI/c1-5-21-20(24-14-19-17(4)7-6-9-22-19)23-10-8-18-12-15(2)11-16(3)13-18;/h6-7,9,11-13H,5,8,10,14H2,1-4H3,(H2,21,23,24);1H. The summed E-state index contributed by atoms with van der Waals surface area (Å²) in [7, 11) is 0. The second-order valence-corrected chi connectivity index (χ2v) is 6.13. The number of aliphatic imine (C=N–C) groups is 1. The summed E-state index contributed by atoms with van der Waals surface area (Å²) in [6, 6.07) is 10.7. The van der Waals surface area contributed by atoms with Gasteiger partial charge in [0.2, 0.25) is 0 Å². The summed E-state index contributed by atoms with van der Waals surface area (Å²) >= 11 is 0. The van der Waals surface area contributed by atoms with Crippen LogP contribution in [0.25, 0.3) is 0 Å². The predicted octanol–water partition coefficient (Wildman–Crippen LogP) is 3.92. The molecule has 1 aromatic carbocycles. The maximum absolute atomic E-state index is 4.64. The topological polar surface area (TPSA) is 49.3 Å². The lowest BCUT2D eigenvalue weighted by atomic mass is 10.1. The van der Waals surface area contributed by atoms with Crippen molar-refractivity contribution in [1.82, 2.24) is 15.6 Å². The van der Waals surface area contributed by atoms with Crippen LogP contribution in [-0.4, -0.2) is 24.0 Å². The third-order valence-electron chi connectivity index (χ3n) is 3.84. The Morgan fingerprint density at radius 1 is 1.08 bits per heavy atom. The molecule has 0 saturated carbocycles. The van der Waals surface area contributed by atoms with E-state index in [-0.39, 0.29) is 24.0 Å². The number of aromatic nitrogens is 1. The lowest BCUT2D eigenvalue weighted by Gasteiger charge is -2.12. The van der Waals surface area contributed by atoms with Gasteiger partial charge in [-0.15, -0.1) is 24.0 Å². The molecule has 0 atom stereocenters. The van der Waals surface area contributed by atoms with E-state index in [2.05, 4.69) is 72.6 Å². The van der Waals surface area contributed by atoms with E-state index in [1.165, 1.54) is 22.3 Å². The summed E-state index contributed by atoms with van der Waals surface area (Å²) in [6.45, 7) is 10.7. The Morgan fingerprint density at radius 2 is 1.80 bits per heavy atom. The van der Waals surface area contributed by atoms with Crippen molar-refractivity contribution < 1.29 is 0 Å². The van der Waals surface area contributed by atoms with Crippen LogP contribution >= 0.6 is 24.0 Å². The number of halogens is 1. The highest BCUT2D eigenvalue weighted by atomic mass is 127. The van der Waals surface area contributed by atoms with Crippen molar-refractivity contribution >= 4 is 29.9 Å². The zero-order valence-electron chi connectivity index (χ0n) is 15.6. The first-order valence-electron chi connectivity index (χ1n) is 8.58. The van der Waals surface area contributed by atoms with Crippen LogP contribution in [0.2, 0.25) is 0 Å². The minimum absolute atomic E-state index is 0. The van der Waals surface area contributed by atoms with Crippen LogP contribution in [0.5, 0.6) is 0 Å². The Balaban J connectivity index is 0.00000312. The van der Waals surface area contributed by atoms with E-state index >= 15 is 0 Å². The van der Waals surface area contributed by atoms with Gasteiger partial charge in [0.1, 0.15) is 0 Å². The zero-order valence-corrected chi connectivity index (χ0v) is 17.9. The van der Waals surface area contributed by atoms with Crippen LogP contribution in [0.4, 0.5) is 0 Å². The van der Waals surface area contributed by atoms with E-state index < -0.39 is 0 Å². The van der Waals surface area contributed by atoms with E-state index in [1.807, 2.05) is 12.3 Å². The number of nitrogens with one attached hydrogen (secondary N) is 2. The molecule has 0 spiro atoms. The summed E-state index contributed by atoms with van der Waals surface area (Å²) in [5.74, 6) is 0.840. The molecule has 1 heterocycles. The molecule has 0 aliphatic carbocycles. The Hall–Kier alpha value is -1.63. The van der Waals surface area contributed by atoms with Crippen molar-refractivity contribution in [2.45, 2.75) is 40.7 Å². The number of benzene rings is 1. The van der Waals surface area contributed by atoms with Gasteiger partial charge < -0.3 is 10.6 Å². The molecule has 0 saturated heterocycles. The average molecular weight is 452 g/mol. The molecule has 2 aromatic rings. The number of hydrogen-bond donors (Lipinski definition) is 2. The summed E-state index contributed by atoms with van der Waals surface area (Å²) < 4.78 is 0. The molecule has 0 aliphatic heterocycles. The van der Waals surface area contributed by atoms with Crippen molar-refractivity contribution in [3.05, 3.63) is 64.5 Å². The van der Waals surface area contributed by atoms with E-state index in [0.717, 1.165) is 31.2 Å². The number of aryl methyl sites for hydroxylation is 3. The van der Waals surface area contributed by atoms with Crippen LogP contribution in [-0.2, 0) is 13.0 Å². The molecule has 0 radical (unpaired) electrons. The molecule has 4 nitrogen and oxygen atoms in total. The zero-order chi connectivity index (χ0) is 17.4. The minimum Gasteiger partial charge on any atom is -0.357 e. The molecule has 0 unspecified atom stereocenters. The van der Waals surface area contributed by atoms with Crippen LogP contribution in [0.15, 0.2) is 41.5 Å². The van der Waals surface area contributed by atoms with Gasteiger partial charge in [0.05, 0.1) is 12.2 Å². The summed E-state index contributed by atoms with van der Waals surface area (Å²) in [6.07, 6.45) is 2.80. The molecular weight excluding hydrogens is 423 g/mol. The van der Waals surface area contributed by atoms with Crippen LogP contribution in [0.3, 0.4) is 0 Å². The fourth-order valence-corrected chi connectivity index (χ4v) is 2.72. The van der Waals surface area contributed by atoms with Crippen LogP contribution < -0.4 is 10.6 Å². The van der Waals surface area contributed by atoms with Crippen molar-refractivity contribution in [2.75, 3.05) is 13.1 Å². The lowest BCUT2D eigenvalue weighted by molar-refractivity contribution is 0.795. The highest BCUT2D eigenvalue weighted by molar-refractivity contribution is 14.0. The molecule has 136 valence electrons. The number of rotatable bonds is 6. The van der Waals surface area contributed by atoms with Crippen molar-refractivity contribution in [3.8, 4) is 0 Å². The normalized spacial score (nSPS) is 11.0. The van der Waals surface area contributed by atoms with Gasteiger partial charge in [0.15, 0.2) is 5.96 Å². The maximum Gasteiger partial charge on any atom is 0.191 e. The Labute approximate surface area is 168 Å². The van der Waals surface area contributed by atoms with Crippen molar-refractivity contribution in [3.63, 3.8) is 0 Å². The molecular formula is C20H29IN4. The first-order chi connectivity index (χ1) is 11.6. The summed E-state index contributed by atoms with van der Waals surface area (Å²) in [5, 5.41) is 6.70. The van der Waals surface area contributed by atoms with Gasteiger partial charge >= 0.3 is 0 Å². The van der Waals surface area contributed by atoms with E-state index in [0.29, 0.717) is 6.54 Å². The Morgan fingerprint density at radius 3 is 2.44 bits per heavy atom. The molecule has 2 rings (SSSR count). The van der Waals surface area contributed by atoms with Crippen LogP contribution in [0, 0.1) is 20.8 Å². The molecule has 0 amide bonds. The van der Waals surface area contributed by atoms with Crippen LogP contribution in [0.1, 0.15) is 34.9 Å². The fraction of sp³-hybridized carbons (Fsp3) is 0.400. The molecule has 0 fully saturated rings. The van der Waals surface area contributed by atoms with Gasteiger partial charge in [0, 0.05) is 19.3 Å².